The molecule has 0 aliphatic rings. The number of hydrogen-bond acceptors (Lipinski definition) is 4. The van der Waals surface area contributed by atoms with Crippen LogP contribution in [0.2, 0.25) is 0 Å². The average molecular weight is 482 g/mol. The maximum absolute atomic E-state index is 13.7. The first kappa shape index (κ1) is 27.9. The van der Waals surface area contributed by atoms with Gasteiger partial charge in [0.15, 0.2) is 0 Å². The molecule has 7 heteroatoms. The van der Waals surface area contributed by atoms with Gasteiger partial charge in [0.25, 0.3) is 5.91 Å². The lowest BCUT2D eigenvalue weighted by Crippen LogP contribution is -2.53. The van der Waals surface area contributed by atoms with Crippen LogP contribution in [0, 0.1) is 26.7 Å². The molecule has 0 spiro atoms. The molecule has 7 nitrogen and oxygen atoms in total. The van der Waals surface area contributed by atoms with Gasteiger partial charge in [-0.05, 0) is 75.8 Å². The van der Waals surface area contributed by atoms with Crippen molar-refractivity contribution in [1.82, 2.24) is 10.2 Å². The summed E-state index contributed by atoms with van der Waals surface area (Å²) in [7, 11) is 1.60. The summed E-state index contributed by atoms with van der Waals surface area (Å²) in [6.07, 6.45) is -0.675. The van der Waals surface area contributed by atoms with E-state index >= 15 is 0 Å². The van der Waals surface area contributed by atoms with E-state index in [1.807, 2.05) is 77.1 Å². The maximum Gasteiger partial charge on any atom is 0.408 e. The van der Waals surface area contributed by atoms with E-state index < -0.39 is 23.8 Å². The Bertz CT molecular complexity index is 1050. The second-order valence-corrected chi connectivity index (χ2v) is 10.3. The first-order valence-corrected chi connectivity index (χ1v) is 11.9. The number of carbonyl (C=O) groups excluding carboxylic acids is 3. The van der Waals surface area contributed by atoms with Crippen LogP contribution in [-0.2, 0) is 14.3 Å². The van der Waals surface area contributed by atoms with E-state index in [1.165, 1.54) is 4.90 Å². The summed E-state index contributed by atoms with van der Waals surface area (Å²) in [6, 6.07) is 11.5. The molecule has 2 unspecified atom stereocenters. The van der Waals surface area contributed by atoms with Crippen molar-refractivity contribution in [1.29, 1.82) is 0 Å². The summed E-state index contributed by atoms with van der Waals surface area (Å²) in [5.74, 6) is -0.929. The van der Waals surface area contributed by atoms with Crippen molar-refractivity contribution >= 4 is 23.6 Å². The molecule has 0 aliphatic heterocycles. The number of carbonyl (C=O) groups is 3. The molecule has 2 aromatic rings. The first-order valence-electron chi connectivity index (χ1n) is 11.9. The monoisotopic (exact) mass is 481 g/mol. The number of nitrogens with zero attached hydrogens (tertiary/aromatic N) is 1. The van der Waals surface area contributed by atoms with Crippen molar-refractivity contribution in [3.05, 3.63) is 64.7 Å². The van der Waals surface area contributed by atoms with Crippen LogP contribution in [0.3, 0.4) is 0 Å². The molecule has 190 valence electrons. The minimum Gasteiger partial charge on any atom is -0.444 e. The zero-order valence-electron chi connectivity index (χ0n) is 22.4. The van der Waals surface area contributed by atoms with Gasteiger partial charge in [-0.3, -0.25) is 9.59 Å². The number of likely N-dealkylation sites (N-methyl/N-ethyl adjacent to an activating group) is 1. The fraction of sp³-hybridized carbons (Fsp3) is 0.464. The standard InChI is InChI=1S/C28H39N3O4/c1-17(2)23(30-27(34)35-28(6,7)8)26(33)31(9)24(22-19(4)14-12-15-20(22)5)25(32)29-21-16-11-10-13-18(21)3/h10-17,23-24H,1-9H3,(H,29,32)(H,30,34). The van der Waals surface area contributed by atoms with E-state index in [0.717, 1.165) is 22.3 Å². The summed E-state index contributed by atoms with van der Waals surface area (Å²) in [6.45, 7) is 14.7. The van der Waals surface area contributed by atoms with Crippen molar-refractivity contribution < 1.29 is 19.1 Å². The summed E-state index contributed by atoms with van der Waals surface area (Å²) in [4.78, 5) is 41.3. The molecule has 0 fully saturated rings. The van der Waals surface area contributed by atoms with Crippen molar-refractivity contribution in [2.75, 3.05) is 12.4 Å². The normalized spacial score (nSPS) is 13.1. The molecule has 0 saturated heterocycles. The lowest BCUT2D eigenvalue weighted by atomic mass is 9.93. The smallest absolute Gasteiger partial charge is 0.408 e. The van der Waals surface area contributed by atoms with Crippen LogP contribution in [0.5, 0.6) is 0 Å². The molecule has 0 saturated carbocycles. The van der Waals surface area contributed by atoms with Gasteiger partial charge in [0.05, 0.1) is 0 Å². The number of alkyl carbamates (subject to hydrolysis) is 1. The van der Waals surface area contributed by atoms with Crippen LogP contribution in [0.4, 0.5) is 10.5 Å². The molecule has 3 amide bonds. The molecule has 0 bridgehead atoms. The predicted octanol–water partition coefficient (Wildman–Crippen LogP) is 5.30. The number of amides is 3. The molecule has 0 aromatic heterocycles. The van der Waals surface area contributed by atoms with Crippen LogP contribution in [0.1, 0.15) is 62.9 Å². The van der Waals surface area contributed by atoms with Gasteiger partial charge < -0.3 is 20.3 Å². The van der Waals surface area contributed by atoms with E-state index in [1.54, 1.807) is 27.8 Å². The molecular formula is C28H39N3O4. The molecule has 2 atom stereocenters. The van der Waals surface area contributed by atoms with E-state index in [9.17, 15) is 14.4 Å². The number of hydrogen-bond donors (Lipinski definition) is 2. The molecule has 35 heavy (non-hydrogen) atoms. The number of anilines is 1. The average Bonchev–Trinajstić information content (AvgIpc) is 2.74. The highest BCUT2D eigenvalue weighted by Gasteiger charge is 2.36. The predicted molar refractivity (Wildman–Crippen MR) is 139 cm³/mol. The fourth-order valence-corrected chi connectivity index (χ4v) is 3.97. The van der Waals surface area contributed by atoms with Gasteiger partial charge in [0, 0.05) is 12.7 Å². The number of aryl methyl sites for hydroxylation is 3. The third kappa shape index (κ3) is 7.31. The number of benzene rings is 2. The highest BCUT2D eigenvalue weighted by atomic mass is 16.6. The zero-order chi connectivity index (χ0) is 26.5. The first-order chi connectivity index (χ1) is 16.2. The van der Waals surface area contributed by atoms with Crippen molar-refractivity contribution in [2.45, 2.75) is 73.1 Å². The van der Waals surface area contributed by atoms with E-state index in [-0.39, 0.29) is 17.7 Å². The number of para-hydroxylation sites is 1. The summed E-state index contributed by atoms with van der Waals surface area (Å²) < 4.78 is 5.37. The lowest BCUT2D eigenvalue weighted by Gasteiger charge is -2.34. The van der Waals surface area contributed by atoms with Gasteiger partial charge in [-0.15, -0.1) is 0 Å². The van der Waals surface area contributed by atoms with Crippen molar-refractivity contribution in [2.24, 2.45) is 5.92 Å². The minimum absolute atomic E-state index is 0.226. The Morgan fingerprint density at radius 2 is 1.43 bits per heavy atom. The van der Waals surface area contributed by atoms with Gasteiger partial charge in [0.1, 0.15) is 17.7 Å². The van der Waals surface area contributed by atoms with Gasteiger partial charge in [-0.25, -0.2) is 4.79 Å². The number of rotatable bonds is 7. The van der Waals surface area contributed by atoms with Gasteiger partial charge in [-0.1, -0.05) is 50.2 Å². The highest BCUT2D eigenvalue weighted by molar-refractivity contribution is 5.99. The molecule has 2 aromatic carbocycles. The Morgan fingerprint density at radius 1 is 0.886 bits per heavy atom. The Hall–Kier alpha value is -3.35. The summed E-state index contributed by atoms with van der Waals surface area (Å²) in [5.41, 5.74) is 3.46. The zero-order valence-corrected chi connectivity index (χ0v) is 22.4. The molecule has 0 heterocycles. The SMILES string of the molecule is Cc1ccccc1NC(=O)C(c1c(C)cccc1C)N(C)C(=O)C(NC(=O)OC(C)(C)C)C(C)C. The quantitative estimate of drug-likeness (QED) is 0.562. The largest absolute Gasteiger partial charge is 0.444 e. The Labute approximate surface area is 209 Å². The summed E-state index contributed by atoms with van der Waals surface area (Å²) >= 11 is 0. The van der Waals surface area contributed by atoms with Crippen LogP contribution in [0.15, 0.2) is 42.5 Å². The highest BCUT2D eigenvalue weighted by Crippen LogP contribution is 2.29. The second-order valence-electron chi connectivity index (χ2n) is 10.3. The van der Waals surface area contributed by atoms with E-state index in [0.29, 0.717) is 5.69 Å². The third-order valence-electron chi connectivity index (χ3n) is 5.81. The van der Waals surface area contributed by atoms with Crippen LogP contribution >= 0.6 is 0 Å². The number of ether oxygens (including phenoxy) is 1. The van der Waals surface area contributed by atoms with Crippen LogP contribution in [-0.4, -0.2) is 41.5 Å². The Kier molecular flexibility index (Phi) is 9.07. The van der Waals surface area contributed by atoms with Gasteiger partial charge in [-0.2, -0.15) is 0 Å². The topological polar surface area (TPSA) is 87.7 Å². The Morgan fingerprint density at radius 3 is 1.94 bits per heavy atom. The molecule has 0 radical (unpaired) electrons. The molecule has 2 rings (SSSR count). The Balaban J connectivity index is 2.46. The molecule has 0 aliphatic carbocycles. The summed E-state index contributed by atoms with van der Waals surface area (Å²) in [5, 5.41) is 5.70. The fourth-order valence-electron chi connectivity index (χ4n) is 3.97. The lowest BCUT2D eigenvalue weighted by molar-refractivity contribution is -0.140. The number of nitrogens with one attached hydrogen (secondary N) is 2. The van der Waals surface area contributed by atoms with Gasteiger partial charge >= 0.3 is 6.09 Å². The maximum atomic E-state index is 13.7. The van der Waals surface area contributed by atoms with Crippen molar-refractivity contribution in [3.63, 3.8) is 0 Å². The van der Waals surface area contributed by atoms with Crippen LogP contribution in [0.25, 0.3) is 0 Å². The van der Waals surface area contributed by atoms with Gasteiger partial charge in [0.2, 0.25) is 5.91 Å². The molecule has 2 N–H and O–H groups in total. The van der Waals surface area contributed by atoms with E-state index in [4.69, 9.17) is 4.74 Å². The minimum atomic E-state index is -0.898. The molecular weight excluding hydrogens is 442 g/mol. The van der Waals surface area contributed by atoms with E-state index in [2.05, 4.69) is 10.6 Å². The second kappa shape index (κ2) is 11.4. The van der Waals surface area contributed by atoms with Crippen LogP contribution < -0.4 is 10.6 Å². The van der Waals surface area contributed by atoms with Crippen molar-refractivity contribution in [3.8, 4) is 0 Å². The third-order valence-corrected chi connectivity index (χ3v) is 5.81.